The molecule has 0 saturated carbocycles. The fourth-order valence-corrected chi connectivity index (χ4v) is 1.38. The lowest BCUT2D eigenvalue weighted by atomic mass is 9.98. The minimum absolute atomic E-state index is 0.00620. The lowest BCUT2D eigenvalue weighted by Crippen LogP contribution is -2.10. The van der Waals surface area contributed by atoms with Crippen LogP contribution in [-0.4, -0.2) is 15.3 Å². The second kappa shape index (κ2) is 2.87. The molecule has 1 rings (SSSR count). The lowest BCUT2D eigenvalue weighted by molar-refractivity contribution is 0.280. The molecule has 62 valence electrons. The van der Waals surface area contributed by atoms with E-state index in [1.165, 1.54) is 11.3 Å². The fourth-order valence-electron chi connectivity index (χ4n) is 0.621. The Hall–Kier alpha value is -0.480. The Morgan fingerprint density at radius 2 is 2.00 bits per heavy atom. The van der Waals surface area contributed by atoms with Gasteiger partial charge in [0.05, 0.1) is 6.61 Å². The first-order chi connectivity index (χ1) is 5.04. The molecule has 0 aliphatic heterocycles. The van der Waals surface area contributed by atoms with Crippen molar-refractivity contribution in [1.82, 2.24) is 10.2 Å². The molecule has 0 spiro atoms. The molecule has 0 aliphatic rings. The van der Waals surface area contributed by atoms with Gasteiger partial charge in [-0.1, -0.05) is 32.1 Å². The first-order valence-electron chi connectivity index (χ1n) is 3.48. The van der Waals surface area contributed by atoms with Crippen LogP contribution in [0.2, 0.25) is 0 Å². The number of aromatic nitrogens is 2. The number of aliphatic hydroxyl groups excluding tert-OH is 1. The van der Waals surface area contributed by atoms with Crippen molar-refractivity contribution >= 4 is 11.3 Å². The number of rotatable bonds is 1. The van der Waals surface area contributed by atoms with E-state index < -0.39 is 0 Å². The number of hydrogen-bond acceptors (Lipinski definition) is 4. The Bertz CT molecular complexity index is 239. The normalized spacial score (nSPS) is 12.0. The van der Waals surface area contributed by atoms with E-state index in [4.69, 9.17) is 5.11 Å². The molecule has 0 unspecified atom stereocenters. The maximum absolute atomic E-state index is 8.72. The van der Waals surface area contributed by atoms with Gasteiger partial charge in [0, 0.05) is 5.41 Å². The summed E-state index contributed by atoms with van der Waals surface area (Å²) in [6.07, 6.45) is 0. The summed E-state index contributed by atoms with van der Waals surface area (Å²) in [6.45, 7) is 6.23. The summed E-state index contributed by atoms with van der Waals surface area (Å²) >= 11 is 1.47. The molecule has 0 atom stereocenters. The molecule has 11 heavy (non-hydrogen) atoms. The smallest absolute Gasteiger partial charge is 0.143 e. The summed E-state index contributed by atoms with van der Waals surface area (Å²) in [7, 11) is 0. The molecule has 0 bridgehead atoms. The van der Waals surface area contributed by atoms with Crippen LogP contribution in [0.4, 0.5) is 0 Å². The Kier molecular flexibility index (Phi) is 2.25. The summed E-state index contributed by atoms with van der Waals surface area (Å²) in [4.78, 5) is 0. The van der Waals surface area contributed by atoms with Gasteiger partial charge in [0.15, 0.2) is 0 Å². The van der Waals surface area contributed by atoms with Crippen LogP contribution in [0.25, 0.3) is 0 Å². The van der Waals surface area contributed by atoms with Crippen molar-refractivity contribution in [2.75, 3.05) is 0 Å². The van der Waals surface area contributed by atoms with Gasteiger partial charge in [0.25, 0.3) is 0 Å². The summed E-state index contributed by atoms with van der Waals surface area (Å²) in [5, 5.41) is 18.2. The average Bonchev–Trinajstić information content (AvgIpc) is 2.32. The fraction of sp³-hybridized carbons (Fsp3) is 0.714. The van der Waals surface area contributed by atoms with E-state index in [1.54, 1.807) is 0 Å². The molecule has 3 nitrogen and oxygen atoms in total. The first kappa shape index (κ1) is 8.62. The maximum Gasteiger partial charge on any atom is 0.143 e. The van der Waals surface area contributed by atoms with Gasteiger partial charge < -0.3 is 5.11 Å². The monoisotopic (exact) mass is 172 g/mol. The molecule has 0 aliphatic carbocycles. The van der Waals surface area contributed by atoms with E-state index in [2.05, 4.69) is 31.0 Å². The third kappa shape index (κ3) is 1.97. The van der Waals surface area contributed by atoms with Gasteiger partial charge in [-0.25, -0.2) is 0 Å². The molecule has 0 radical (unpaired) electrons. The highest BCUT2D eigenvalue weighted by molar-refractivity contribution is 7.11. The van der Waals surface area contributed by atoms with Gasteiger partial charge in [0.1, 0.15) is 10.0 Å². The molecular weight excluding hydrogens is 160 g/mol. The van der Waals surface area contributed by atoms with Crippen LogP contribution >= 0.6 is 11.3 Å². The van der Waals surface area contributed by atoms with Crippen LogP contribution < -0.4 is 0 Å². The predicted molar refractivity (Wildman–Crippen MR) is 44.5 cm³/mol. The van der Waals surface area contributed by atoms with Gasteiger partial charge in [-0.05, 0) is 0 Å². The van der Waals surface area contributed by atoms with Crippen molar-refractivity contribution in [3.8, 4) is 0 Å². The molecule has 0 amide bonds. The van der Waals surface area contributed by atoms with E-state index in [1.807, 2.05) is 0 Å². The zero-order valence-corrected chi connectivity index (χ0v) is 7.77. The van der Waals surface area contributed by atoms with Crippen molar-refractivity contribution in [3.05, 3.63) is 10.0 Å². The Morgan fingerprint density at radius 3 is 2.27 bits per heavy atom. The van der Waals surface area contributed by atoms with Crippen molar-refractivity contribution < 1.29 is 5.11 Å². The van der Waals surface area contributed by atoms with Crippen molar-refractivity contribution in [3.63, 3.8) is 0 Å². The number of hydrogen-bond donors (Lipinski definition) is 1. The number of aliphatic hydroxyl groups is 1. The zero-order chi connectivity index (χ0) is 8.48. The average molecular weight is 172 g/mol. The molecule has 0 aromatic carbocycles. The van der Waals surface area contributed by atoms with Crippen molar-refractivity contribution in [1.29, 1.82) is 0 Å². The van der Waals surface area contributed by atoms with Gasteiger partial charge in [-0.15, -0.1) is 10.2 Å². The maximum atomic E-state index is 8.72. The van der Waals surface area contributed by atoms with Crippen LogP contribution in [0, 0.1) is 0 Å². The quantitative estimate of drug-likeness (QED) is 0.695. The molecule has 1 N–H and O–H groups in total. The second-order valence-corrected chi connectivity index (χ2v) is 4.47. The zero-order valence-electron chi connectivity index (χ0n) is 6.96. The Balaban J connectivity index is 2.89. The molecule has 4 heteroatoms. The van der Waals surface area contributed by atoms with Crippen molar-refractivity contribution in [2.45, 2.75) is 32.8 Å². The second-order valence-electron chi connectivity index (χ2n) is 3.41. The van der Waals surface area contributed by atoms with Crippen LogP contribution in [0.5, 0.6) is 0 Å². The van der Waals surface area contributed by atoms with Gasteiger partial charge in [-0.2, -0.15) is 0 Å². The third-order valence-electron chi connectivity index (χ3n) is 1.24. The van der Waals surface area contributed by atoms with Crippen molar-refractivity contribution in [2.24, 2.45) is 0 Å². The standard InChI is InChI=1S/C7H12N2OS/c1-7(2,3)6-9-8-5(4-10)11-6/h10H,4H2,1-3H3. The summed E-state index contributed by atoms with van der Waals surface area (Å²) in [5.41, 5.74) is 0.0467. The van der Waals surface area contributed by atoms with E-state index >= 15 is 0 Å². The first-order valence-corrected chi connectivity index (χ1v) is 4.29. The minimum atomic E-state index is -0.00620. The van der Waals surface area contributed by atoms with E-state index in [9.17, 15) is 0 Å². The molecular formula is C7H12N2OS. The molecule has 1 heterocycles. The summed E-state index contributed by atoms with van der Waals surface area (Å²) in [5.74, 6) is 0. The minimum Gasteiger partial charge on any atom is -0.389 e. The van der Waals surface area contributed by atoms with Gasteiger partial charge >= 0.3 is 0 Å². The molecule has 0 fully saturated rings. The van der Waals surface area contributed by atoms with E-state index in [-0.39, 0.29) is 12.0 Å². The van der Waals surface area contributed by atoms with Gasteiger partial charge in [-0.3, -0.25) is 0 Å². The highest BCUT2D eigenvalue weighted by atomic mass is 32.1. The number of nitrogens with zero attached hydrogens (tertiary/aromatic N) is 2. The Morgan fingerprint density at radius 1 is 1.36 bits per heavy atom. The van der Waals surface area contributed by atoms with Crippen LogP contribution in [0.3, 0.4) is 0 Å². The highest BCUT2D eigenvalue weighted by Gasteiger charge is 2.18. The lowest BCUT2D eigenvalue weighted by Gasteiger charge is -2.12. The predicted octanol–water partition coefficient (Wildman–Crippen LogP) is 1.33. The molecule has 0 saturated heterocycles. The highest BCUT2D eigenvalue weighted by Crippen LogP contribution is 2.24. The molecule has 1 aromatic rings. The van der Waals surface area contributed by atoms with Crippen LogP contribution in [0.1, 0.15) is 30.8 Å². The summed E-state index contributed by atoms with van der Waals surface area (Å²) in [6, 6.07) is 0. The van der Waals surface area contributed by atoms with Crippen LogP contribution in [0.15, 0.2) is 0 Å². The van der Waals surface area contributed by atoms with E-state index in [0.717, 1.165) is 5.01 Å². The SMILES string of the molecule is CC(C)(C)c1nnc(CO)s1. The van der Waals surface area contributed by atoms with E-state index in [0.29, 0.717) is 5.01 Å². The largest absolute Gasteiger partial charge is 0.389 e. The van der Waals surface area contributed by atoms with Gasteiger partial charge in [0.2, 0.25) is 0 Å². The van der Waals surface area contributed by atoms with Crippen LogP contribution in [-0.2, 0) is 12.0 Å². The summed E-state index contributed by atoms with van der Waals surface area (Å²) < 4.78 is 0. The molecule has 1 aromatic heterocycles. The topological polar surface area (TPSA) is 46.0 Å². The Labute approximate surface area is 70.1 Å². The third-order valence-corrected chi connectivity index (χ3v) is 2.58.